The molecule has 1 atom stereocenters. The largest absolute Gasteiger partial charge is 0.494 e. The molecule has 0 bridgehead atoms. The highest BCUT2D eigenvalue weighted by atomic mass is 16.5. The highest BCUT2D eigenvalue weighted by molar-refractivity contribution is 5.81. The Labute approximate surface area is 89.4 Å². The van der Waals surface area contributed by atoms with E-state index in [1.54, 1.807) is 7.05 Å². The zero-order chi connectivity index (χ0) is 11.3. The fraction of sp³-hybridized carbons (Fsp3) is 0.364. The predicted molar refractivity (Wildman–Crippen MR) is 58.6 cm³/mol. The van der Waals surface area contributed by atoms with Crippen LogP contribution < -0.4 is 15.8 Å². The second-order valence-corrected chi connectivity index (χ2v) is 3.13. The van der Waals surface area contributed by atoms with Crippen LogP contribution in [0.2, 0.25) is 0 Å². The molecule has 1 aromatic rings. The highest BCUT2D eigenvalue weighted by Gasteiger charge is 2.14. The standard InChI is InChI=1S/C11H16N2O2/c1-3-15-9-6-4-8(5-7-9)10(13-2)11(12)14/h4-7,10,13H,3H2,1-2H3,(H2,12,14). The Morgan fingerprint density at radius 3 is 2.47 bits per heavy atom. The van der Waals surface area contributed by atoms with Crippen LogP contribution in [0.15, 0.2) is 24.3 Å². The molecule has 0 aromatic heterocycles. The summed E-state index contributed by atoms with van der Waals surface area (Å²) in [7, 11) is 1.70. The molecular weight excluding hydrogens is 192 g/mol. The third-order valence-electron chi connectivity index (χ3n) is 2.10. The van der Waals surface area contributed by atoms with Gasteiger partial charge in [0.2, 0.25) is 5.91 Å². The molecule has 0 spiro atoms. The van der Waals surface area contributed by atoms with Crippen LogP contribution in [0.5, 0.6) is 5.75 Å². The third kappa shape index (κ3) is 2.95. The lowest BCUT2D eigenvalue weighted by Crippen LogP contribution is -2.31. The van der Waals surface area contributed by atoms with E-state index in [9.17, 15) is 4.79 Å². The van der Waals surface area contributed by atoms with E-state index in [4.69, 9.17) is 10.5 Å². The number of primary amides is 1. The molecule has 0 aliphatic heterocycles. The lowest BCUT2D eigenvalue weighted by atomic mass is 10.1. The number of carbonyl (C=O) groups excluding carboxylic acids is 1. The van der Waals surface area contributed by atoms with E-state index in [0.29, 0.717) is 6.61 Å². The first-order chi connectivity index (χ1) is 7.19. The first-order valence-electron chi connectivity index (χ1n) is 4.88. The molecule has 0 radical (unpaired) electrons. The Balaban J connectivity index is 2.82. The minimum absolute atomic E-state index is 0.387. The Kier molecular flexibility index (Phi) is 4.12. The van der Waals surface area contributed by atoms with Gasteiger partial charge in [0.15, 0.2) is 0 Å². The van der Waals surface area contributed by atoms with Gasteiger partial charge in [-0.1, -0.05) is 12.1 Å². The average Bonchev–Trinajstić information content (AvgIpc) is 2.21. The van der Waals surface area contributed by atoms with Crippen molar-refractivity contribution in [3.05, 3.63) is 29.8 Å². The van der Waals surface area contributed by atoms with Crippen LogP contribution in [0, 0.1) is 0 Å². The Morgan fingerprint density at radius 2 is 2.07 bits per heavy atom. The van der Waals surface area contributed by atoms with Crippen LogP contribution in [0.3, 0.4) is 0 Å². The number of rotatable bonds is 5. The number of carbonyl (C=O) groups is 1. The number of hydrogen-bond acceptors (Lipinski definition) is 3. The summed E-state index contributed by atoms with van der Waals surface area (Å²) in [5, 5.41) is 2.85. The minimum Gasteiger partial charge on any atom is -0.494 e. The summed E-state index contributed by atoms with van der Waals surface area (Å²) in [5.41, 5.74) is 6.08. The molecule has 1 rings (SSSR count). The van der Waals surface area contributed by atoms with E-state index in [1.807, 2.05) is 31.2 Å². The molecule has 3 N–H and O–H groups in total. The van der Waals surface area contributed by atoms with Crippen LogP contribution in [0.25, 0.3) is 0 Å². The van der Waals surface area contributed by atoms with Gasteiger partial charge in [-0.2, -0.15) is 0 Å². The van der Waals surface area contributed by atoms with Crippen molar-refractivity contribution in [3.8, 4) is 5.75 Å². The van der Waals surface area contributed by atoms with Crippen LogP contribution in [0.1, 0.15) is 18.5 Å². The molecule has 0 saturated carbocycles. The summed E-state index contributed by atoms with van der Waals surface area (Å²) < 4.78 is 5.30. The molecule has 0 saturated heterocycles. The van der Waals surface area contributed by atoms with Gasteiger partial charge >= 0.3 is 0 Å². The normalized spacial score (nSPS) is 12.1. The molecule has 15 heavy (non-hydrogen) atoms. The van der Waals surface area contributed by atoms with Gasteiger partial charge in [-0.3, -0.25) is 4.79 Å². The van der Waals surface area contributed by atoms with Crippen LogP contribution in [-0.4, -0.2) is 19.6 Å². The first kappa shape index (κ1) is 11.5. The van der Waals surface area contributed by atoms with E-state index < -0.39 is 6.04 Å². The van der Waals surface area contributed by atoms with Crippen LogP contribution >= 0.6 is 0 Å². The molecule has 1 unspecified atom stereocenters. The number of amides is 1. The quantitative estimate of drug-likeness (QED) is 0.753. The van der Waals surface area contributed by atoms with Crippen molar-refractivity contribution in [3.63, 3.8) is 0 Å². The summed E-state index contributed by atoms with van der Waals surface area (Å²) in [6, 6.07) is 6.87. The minimum atomic E-state index is -0.444. The van der Waals surface area contributed by atoms with E-state index in [2.05, 4.69) is 5.32 Å². The molecule has 0 aliphatic carbocycles. The number of nitrogens with two attached hydrogens (primary N) is 1. The van der Waals surface area contributed by atoms with E-state index in [-0.39, 0.29) is 5.91 Å². The third-order valence-corrected chi connectivity index (χ3v) is 2.10. The van der Waals surface area contributed by atoms with Gasteiger partial charge < -0.3 is 15.8 Å². The number of hydrogen-bond donors (Lipinski definition) is 2. The molecular formula is C11H16N2O2. The fourth-order valence-electron chi connectivity index (χ4n) is 1.40. The maximum absolute atomic E-state index is 11.1. The van der Waals surface area contributed by atoms with Crippen molar-refractivity contribution in [2.24, 2.45) is 5.73 Å². The lowest BCUT2D eigenvalue weighted by Gasteiger charge is -2.13. The summed E-state index contributed by atoms with van der Waals surface area (Å²) in [5.74, 6) is 0.405. The van der Waals surface area contributed by atoms with Crippen LogP contribution in [-0.2, 0) is 4.79 Å². The molecule has 0 aliphatic rings. The number of ether oxygens (including phenoxy) is 1. The second-order valence-electron chi connectivity index (χ2n) is 3.13. The summed E-state index contributed by atoms with van der Waals surface area (Å²) in [6.45, 7) is 2.55. The van der Waals surface area contributed by atoms with E-state index in [0.717, 1.165) is 11.3 Å². The molecule has 1 amide bonds. The average molecular weight is 208 g/mol. The maximum Gasteiger partial charge on any atom is 0.239 e. The molecule has 4 heteroatoms. The smallest absolute Gasteiger partial charge is 0.239 e. The Morgan fingerprint density at radius 1 is 1.47 bits per heavy atom. The molecule has 82 valence electrons. The van der Waals surface area contributed by atoms with Gasteiger partial charge in [-0.25, -0.2) is 0 Å². The second kappa shape index (κ2) is 5.36. The monoisotopic (exact) mass is 208 g/mol. The summed E-state index contributed by atoms with van der Waals surface area (Å²) in [4.78, 5) is 11.1. The van der Waals surface area contributed by atoms with E-state index >= 15 is 0 Å². The van der Waals surface area contributed by atoms with Crippen molar-refractivity contribution < 1.29 is 9.53 Å². The van der Waals surface area contributed by atoms with Crippen LogP contribution in [0.4, 0.5) is 0 Å². The SMILES string of the molecule is CCOc1ccc(C(NC)C(N)=O)cc1. The van der Waals surface area contributed by atoms with E-state index in [1.165, 1.54) is 0 Å². The molecule has 0 heterocycles. The van der Waals surface area contributed by atoms with Gasteiger partial charge in [0.05, 0.1) is 6.61 Å². The first-order valence-corrected chi connectivity index (χ1v) is 4.88. The van der Waals surface area contributed by atoms with Crippen molar-refractivity contribution >= 4 is 5.91 Å². The van der Waals surface area contributed by atoms with Gasteiger partial charge in [-0.05, 0) is 31.7 Å². The maximum atomic E-state index is 11.1. The summed E-state index contributed by atoms with van der Waals surface area (Å²) in [6.07, 6.45) is 0. The number of benzene rings is 1. The molecule has 4 nitrogen and oxygen atoms in total. The van der Waals surface area contributed by atoms with Crippen molar-refractivity contribution in [2.75, 3.05) is 13.7 Å². The van der Waals surface area contributed by atoms with Crippen molar-refractivity contribution in [1.82, 2.24) is 5.32 Å². The summed E-state index contributed by atoms with van der Waals surface area (Å²) >= 11 is 0. The van der Waals surface area contributed by atoms with Gasteiger partial charge in [0.1, 0.15) is 11.8 Å². The molecule has 1 aromatic carbocycles. The fourth-order valence-corrected chi connectivity index (χ4v) is 1.40. The highest BCUT2D eigenvalue weighted by Crippen LogP contribution is 2.17. The van der Waals surface area contributed by atoms with Crippen molar-refractivity contribution in [2.45, 2.75) is 13.0 Å². The topological polar surface area (TPSA) is 64.3 Å². The number of likely N-dealkylation sites (N-methyl/N-ethyl adjacent to an activating group) is 1. The zero-order valence-corrected chi connectivity index (χ0v) is 8.99. The van der Waals surface area contributed by atoms with Gasteiger partial charge in [-0.15, -0.1) is 0 Å². The molecule has 0 fully saturated rings. The predicted octanol–water partition coefficient (Wildman–Crippen LogP) is 0.831. The van der Waals surface area contributed by atoms with Gasteiger partial charge in [0.25, 0.3) is 0 Å². The van der Waals surface area contributed by atoms with Crippen molar-refractivity contribution in [1.29, 1.82) is 0 Å². The van der Waals surface area contributed by atoms with Gasteiger partial charge in [0, 0.05) is 0 Å². The Hall–Kier alpha value is -1.55. The Bertz CT molecular complexity index is 322. The number of nitrogens with one attached hydrogen (secondary N) is 1. The lowest BCUT2D eigenvalue weighted by molar-refractivity contribution is -0.120. The zero-order valence-electron chi connectivity index (χ0n) is 8.99.